The van der Waals surface area contributed by atoms with Crippen molar-refractivity contribution in [3.8, 4) is 0 Å². The van der Waals surface area contributed by atoms with Crippen LogP contribution in [0.5, 0.6) is 0 Å². The minimum Gasteiger partial charge on any atom is -0.357 e. The molecule has 2 aromatic rings. The Balaban J connectivity index is 1.96. The van der Waals surface area contributed by atoms with Crippen molar-refractivity contribution in [3.63, 3.8) is 0 Å². The molecule has 0 unspecified atom stereocenters. The van der Waals surface area contributed by atoms with Crippen LogP contribution >= 0.6 is 11.3 Å². The summed E-state index contributed by atoms with van der Waals surface area (Å²) in [5.41, 5.74) is 1.87. The average molecular weight is 394 g/mol. The molecule has 5 nitrogen and oxygen atoms in total. The summed E-state index contributed by atoms with van der Waals surface area (Å²) in [6, 6.07) is 11.8. The Bertz CT molecular complexity index is 798. The predicted octanol–water partition coefficient (Wildman–Crippen LogP) is 2.93. The van der Waals surface area contributed by atoms with Crippen LogP contribution in [0.3, 0.4) is 0 Å². The van der Waals surface area contributed by atoms with Crippen LogP contribution in [0.2, 0.25) is 0 Å². The summed E-state index contributed by atoms with van der Waals surface area (Å²) in [6.45, 7) is 4.34. The van der Waals surface area contributed by atoms with E-state index in [0.717, 1.165) is 36.6 Å². The molecule has 0 aliphatic carbocycles. The van der Waals surface area contributed by atoms with Gasteiger partial charge in [-0.05, 0) is 35.9 Å². The fourth-order valence-corrected chi connectivity index (χ4v) is 4.01. The van der Waals surface area contributed by atoms with Crippen LogP contribution in [0.25, 0.3) is 0 Å². The summed E-state index contributed by atoms with van der Waals surface area (Å²) in [7, 11) is -0.957. The number of likely N-dealkylation sites (N-methyl/N-ethyl adjacent to an activating group) is 1. The lowest BCUT2D eigenvalue weighted by Gasteiger charge is -2.21. The number of nitrogens with one attached hydrogen (secondary N) is 1. The molecule has 142 valence electrons. The van der Waals surface area contributed by atoms with E-state index in [1.807, 2.05) is 31.3 Å². The maximum absolute atomic E-state index is 11.4. The zero-order chi connectivity index (χ0) is 19.0. The fraction of sp³-hybridized carbons (Fsp3) is 0.421. The molecule has 0 spiro atoms. The summed E-state index contributed by atoms with van der Waals surface area (Å²) >= 11 is 1.78. The van der Waals surface area contributed by atoms with Crippen molar-refractivity contribution < 1.29 is 8.42 Å². The van der Waals surface area contributed by atoms with Crippen molar-refractivity contribution in [1.82, 2.24) is 10.2 Å². The molecular weight excluding hydrogens is 366 g/mol. The van der Waals surface area contributed by atoms with E-state index in [0.29, 0.717) is 6.54 Å². The number of guanidine groups is 1. The first kappa shape index (κ1) is 20.5. The number of hydrogen-bond acceptors (Lipinski definition) is 4. The number of thiophene rings is 1. The summed E-state index contributed by atoms with van der Waals surface area (Å²) in [6.07, 6.45) is 2.25. The maximum Gasteiger partial charge on any atom is 0.193 e. The van der Waals surface area contributed by atoms with E-state index in [4.69, 9.17) is 4.99 Å². The van der Waals surface area contributed by atoms with Gasteiger partial charge in [0.05, 0.1) is 12.3 Å². The average Bonchev–Trinajstić information content (AvgIpc) is 3.10. The molecule has 0 aliphatic heterocycles. The molecule has 0 amide bonds. The number of sulfone groups is 1. The van der Waals surface area contributed by atoms with Gasteiger partial charge >= 0.3 is 0 Å². The molecule has 1 heterocycles. The molecule has 1 aromatic heterocycles. The van der Waals surface area contributed by atoms with Crippen LogP contribution in [-0.4, -0.2) is 45.7 Å². The van der Waals surface area contributed by atoms with Gasteiger partial charge in [0.25, 0.3) is 0 Å². The van der Waals surface area contributed by atoms with Crippen molar-refractivity contribution in [1.29, 1.82) is 0 Å². The SMILES string of the molecule is CCNC(=NCc1ccc(CS(C)(=O)=O)cc1)N(C)CCc1cccs1. The van der Waals surface area contributed by atoms with E-state index < -0.39 is 9.84 Å². The van der Waals surface area contributed by atoms with Crippen LogP contribution in [-0.2, 0) is 28.6 Å². The molecule has 1 aromatic carbocycles. The van der Waals surface area contributed by atoms with Gasteiger partial charge < -0.3 is 10.2 Å². The molecule has 0 bridgehead atoms. The van der Waals surface area contributed by atoms with Crippen LogP contribution in [0.1, 0.15) is 22.9 Å². The zero-order valence-corrected chi connectivity index (χ0v) is 17.2. The zero-order valence-electron chi connectivity index (χ0n) is 15.6. The molecule has 0 fully saturated rings. The van der Waals surface area contributed by atoms with Crippen LogP contribution < -0.4 is 5.32 Å². The standard InChI is InChI=1S/C19H27N3O2S2/c1-4-20-19(22(2)12-11-18-6-5-13-25-18)21-14-16-7-9-17(10-8-16)15-26(3,23)24/h5-10,13H,4,11-12,14-15H2,1-3H3,(H,20,21). The second-order valence-corrected chi connectivity index (χ2v) is 9.48. The van der Waals surface area contributed by atoms with Crippen molar-refractivity contribution in [2.45, 2.75) is 25.6 Å². The van der Waals surface area contributed by atoms with Gasteiger partial charge in [0.15, 0.2) is 15.8 Å². The topological polar surface area (TPSA) is 61.8 Å². The van der Waals surface area contributed by atoms with E-state index in [1.165, 1.54) is 11.1 Å². The highest BCUT2D eigenvalue weighted by Crippen LogP contribution is 2.11. The maximum atomic E-state index is 11.4. The molecule has 1 N–H and O–H groups in total. The Kier molecular flexibility index (Phi) is 7.66. The Hall–Kier alpha value is -1.86. The highest BCUT2D eigenvalue weighted by atomic mass is 32.2. The van der Waals surface area contributed by atoms with Gasteiger partial charge in [0.2, 0.25) is 0 Å². The van der Waals surface area contributed by atoms with E-state index in [-0.39, 0.29) is 5.75 Å². The first-order valence-electron chi connectivity index (χ1n) is 8.64. The third-order valence-corrected chi connectivity index (χ3v) is 5.63. The van der Waals surface area contributed by atoms with Crippen molar-refractivity contribution in [2.75, 3.05) is 26.4 Å². The first-order chi connectivity index (χ1) is 12.4. The Morgan fingerprint density at radius 2 is 1.88 bits per heavy atom. The second kappa shape index (κ2) is 9.73. The Morgan fingerprint density at radius 1 is 1.19 bits per heavy atom. The van der Waals surface area contributed by atoms with Gasteiger partial charge in [-0.1, -0.05) is 30.3 Å². The lowest BCUT2D eigenvalue weighted by molar-refractivity contribution is 0.486. The third kappa shape index (κ3) is 7.17. The summed E-state index contributed by atoms with van der Waals surface area (Å²) in [5.74, 6) is 0.953. The number of rotatable bonds is 8. The van der Waals surface area contributed by atoms with Gasteiger partial charge in [-0.25, -0.2) is 13.4 Å². The largest absolute Gasteiger partial charge is 0.357 e. The van der Waals surface area contributed by atoms with E-state index in [1.54, 1.807) is 11.3 Å². The number of aliphatic imine (C=N–C) groups is 1. The van der Waals surface area contributed by atoms with Crippen LogP contribution in [0.15, 0.2) is 46.8 Å². The van der Waals surface area contributed by atoms with Crippen LogP contribution in [0, 0.1) is 0 Å². The van der Waals surface area contributed by atoms with E-state index in [2.05, 4.69) is 34.7 Å². The van der Waals surface area contributed by atoms with Crippen molar-refractivity contribution >= 4 is 27.1 Å². The van der Waals surface area contributed by atoms with Crippen LogP contribution in [0.4, 0.5) is 0 Å². The Morgan fingerprint density at radius 3 is 2.46 bits per heavy atom. The fourth-order valence-electron chi connectivity index (χ4n) is 2.52. The quantitative estimate of drug-likeness (QED) is 0.553. The van der Waals surface area contributed by atoms with Gasteiger partial charge in [-0.3, -0.25) is 0 Å². The third-order valence-electron chi connectivity index (χ3n) is 3.83. The highest BCUT2D eigenvalue weighted by Gasteiger charge is 2.07. The van der Waals surface area contributed by atoms with Gasteiger partial charge in [0.1, 0.15) is 0 Å². The molecule has 0 aliphatic rings. The molecular formula is C19H27N3O2S2. The van der Waals surface area contributed by atoms with Gasteiger partial charge in [-0.15, -0.1) is 11.3 Å². The van der Waals surface area contributed by atoms with Crippen molar-refractivity contribution in [3.05, 3.63) is 57.8 Å². The molecule has 26 heavy (non-hydrogen) atoms. The minimum absolute atomic E-state index is 0.0741. The first-order valence-corrected chi connectivity index (χ1v) is 11.6. The summed E-state index contributed by atoms with van der Waals surface area (Å²) < 4.78 is 22.7. The summed E-state index contributed by atoms with van der Waals surface area (Å²) in [5, 5.41) is 5.42. The highest BCUT2D eigenvalue weighted by molar-refractivity contribution is 7.89. The normalized spacial score (nSPS) is 12.2. The molecule has 0 saturated carbocycles. The second-order valence-electron chi connectivity index (χ2n) is 6.31. The lowest BCUT2D eigenvalue weighted by atomic mass is 10.1. The monoisotopic (exact) mass is 393 g/mol. The molecule has 0 saturated heterocycles. The van der Waals surface area contributed by atoms with E-state index >= 15 is 0 Å². The summed E-state index contributed by atoms with van der Waals surface area (Å²) in [4.78, 5) is 8.21. The number of hydrogen-bond donors (Lipinski definition) is 1. The number of nitrogens with zero attached hydrogens (tertiary/aromatic N) is 2. The van der Waals surface area contributed by atoms with Gasteiger partial charge in [0, 0.05) is 31.3 Å². The minimum atomic E-state index is -3.00. The van der Waals surface area contributed by atoms with E-state index in [9.17, 15) is 8.42 Å². The van der Waals surface area contributed by atoms with Crippen molar-refractivity contribution in [2.24, 2.45) is 4.99 Å². The Labute approximate surface area is 160 Å². The lowest BCUT2D eigenvalue weighted by Crippen LogP contribution is -2.39. The van der Waals surface area contributed by atoms with Gasteiger partial charge in [-0.2, -0.15) is 0 Å². The smallest absolute Gasteiger partial charge is 0.193 e. The molecule has 0 radical (unpaired) electrons. The predicted molar refractivity (Wildman–Crippen MR) is 110 cm³/mol. The molecule has 2 rings (SSSR count). The number of benzene rings is 1. The molecule has 7 heteroatoms. The molecule has 0 atom stereocenters.